The number of carbonyl (C=O) groups is 1. The van der Waals surface area contributed by atoms with E-state index in [1.165, 1.54) is 0 Å². The van der Waals surface area contributed by atoms with Crippen molar-refractivity contribution in [2.45, 2.75) is 26.4 Å². The fourth-order valence-electron chi connectivity index (χ4n) is 1.36. The summed E-state index contributed by atoms with van der Waals surface area (Å²) in [6, 6.07) is 1.44. The summed E-state index contributed by atoms with van der Waals surface area (Å²) >= 11 is 0. The molecule has 0 bridgehead atoms. The van der Waals surface area contributed by atoms with Crippen LogP contribution in [0.3, 0.4) is 0 Å². The smallest absolute Gasteiger partial charge is 0.408 e. The van der Waals surface area contributed by atoms with Gasteiger partial charge in [0.2, 0.25) is 0 Å². The molecule has 8 heteroatoms. The maximum Gasteiger partial charge on any atom is 0.408 e. The number of nitro groups is 1. The fraction of sp³-hybridized carbons (Fsp3) is 0.357. The van der Waals surface area contributed by atoms with Crippen molar-refractivity contribution in [3.63, 3.8) is 0 Å². The second-order valence-electron chi connectivity index (χ2n) is 5.24. The van der Waals surface area contributed by atoms with Gasteiger partial charge in [-0.3, -0.25) is 10.1 Å². The fourth-order valence-corrected chi connectivity index (χ4v) is 1.36. The third kappa shape index (κ3) is 5.28. The van der Waals surface area contributed by atoms with Crippen molar-refractivity contribution in [3.8, 4) is 17.6 Å². The number of hydrogen-bond donors (Lipinski definition) is 2. The SMILES string of the molecule is CC(C)(C)OC(=O)NCC#Cc1cc([N+](=O)[O-])c(O)cc1F. The highest BCUT2D eigenvalue weighted by Crippen LogP contribution is 2.28. The van der Waals surface area contributed by atoms with Gasteiger partial charge in [0.05, 0.1) is 17.0 Å². The minimum atomic E-state index is -0.895. The number of rotatable bonds is 2. The van der Waals surface area contributed by atoms with Crippen LogP contribution in [-0.2, 0) is 4.74 Å². The minimum absolute atomic E-state index is 0.122. The van der Waals surface area contributed by atoms with Crippen molar-refractivity contribution < 1.29 is 24.0 Å². The van der Waals surface area contributed by atoms with Crippen molar-refractivity contribution >= 4 is 11.8 Å². The minimum Gasteiger partial charge on any atom is -0.502 e. The number of benzene rings is 1. The molecule has 1 aromatic rings. The Labute approximate surface area is 126 Å². The van der Waals surface area contributed by atoms with E-state index in [1.54, 1.807) is 20.8 Å². The zero-order chi connectivity index (χ0) is 16.9. The predicted octanol–water partition coefficient (Wildman–Crippen LogP) is 2.32. The molecule has 0 spiro atoms. The summed E-state index contributed by atoms with van der Waals surface area (Å²) in [5, 5.41) is 22.2. The number of phenols is 1. The number of aromatic hydroxyl groups is 1. The quantitative estimate of drug-likeness (QED) is 0.496. The van der Waals surface area contributed by atoms with Crippen LogP contribution in [0.2, 0.25) is 0 Å². The summed E-state index contributed by atoms with van der Waals surface area (Å²) in [5.41, 5.74) is -1.55. The van der Waals surface area contributed by atoms with E-state index in [2.05, 4.69) is 17.2 Å². The van der Waals surface area contributed by atoms with Crippen molar-refractivity contribution in [2.75, 3.05) is 6.54 Å². The van der Waals surface area contributed by atoms with Gasteiger partial charge in [-0.15, -0.1) is 0 Å². The molecule has 0 aliphatic heterocycles. The molecule has 0 radical (unpaired) electrons. The third-order valence-electron chi connectivity index (χ3n) is 2.20. The predicted molar refractivity (Wildman–Crippen MR) is 75.8 cm³/mol. The van der Waals surface area contributed by atoms with Crippen LogP contribution in [0.1, 0.15) is 26.3 Å². The average molecular weight is 310 g/mol. The molecule has 118 valence electrons. The molecule has 0 atom stereocenters. The highest BCUT2D eigenvalue weighted by atomic mass is 19.1. The summed E-state index contributed by atoms with van der Waals surface area (Å²) in [7, 11) is 0. The van der Waals surface area contributed by atoms with E-state index in [-0.39, 0.29) is 12.1 Å². The summed E-state index contributed by atoms with van der Waals surface area (Å²) in [6.07, 6.45) is -0.682. The zero-order valence-corrected chi connectivity index (χ0v) is 12.3. The number of ether oxygens (including phenoxy) is 1. The molecular weight excluding hydrogens is 295 g/mol. The van der Waals surface area contributed by atoms with Gasteiger partial charge in [-0.1, -0.05) is 11.8 Å². The number of hydrogen-bond acceptors (Lipinski definition) is 5. The van der Waals surface area contributed by atoms with Gasteiger partial charge >= 0.3 is 11.8 Å². The molecule has 1 amide bonds. The van der Waals surface area contributed by atoms with E-state index in [0.717, 1.165) is 6.07 Å². The average Bonchev–Trinajstić information content (AvgIpc) is 2.33. The number of nitrogens with one attached hydrogen (secondary N) is 1. The number of nitrogens with zero attached hydrogens (tertiary/aromatic N) is 1. The Balaban J connectivity index is 2.75. The first-order chi connectivity index (χ1) is 10.1. The Bertz CT molecular complexity index is 656. The van der Waals surface area contributed by atoms with E-state index >= 15 is 0 Å². The van der Waals surface area contributed by atoms with Gasteiger partial charge in [0.15, 0.2) is 5.75 Å². The monoisotopic (exact) mass is 310 g/mol. The lowest BCUT2D eigenvalue weighted by Crippen LogP contribution is -2.32. The zero-order valence-electron chi connectivity index (χ0n) is 12.3. The van der Waals surface area contributed by atoms with E-state index in [0.29, 0.717) is 6.07 Å². The topological polar surface area (TPSA) is 102 Å². The number of alkyl carbamates (subject to hydrolysis) is 1. The molecule has 22 heavy (non-hydrogen) atoms. The number of halogens is 1. The Hall–Kier alpha value is -2.82. The molecule has 1 aromatic carbocycles. The van der Waals surface area contributed by atoms with Crippen LogP contribution in [-0.4, -0.2) is 28.3 Å². The maximum atomic E-state index is 13.5. The van der Waals surface area contributed by atoms with Gasteiger partial charge in [-0.05, 0) is 20.8 Å². The van der Waals surface area contributed by atoms with Crippen molar-refractivity contribution in [1.82, 2.24) is 5.32 Å². The van der Waals surface area contributed by atoms with E-state index in [1.807, 2.05) is 0 Å². The van der Waals surface area contributed by atoms with E-state index < -0.39 is 33.9 Å². The third-order valence-corrected chi connectivity index (χ3v) is 2.20. The number of nitro benzene ring substituents is 1. The van der Waals surface area contributed by atoms with Crippen LogP contribution >= 0.6 is 0 Å². The van der Waals surface area contributed by atoms with Gasteiger partial charge in [-0.2, -0.15) is 0 Å². The van der Waals surface area contributed by atoms with E-state index in [4.69, 9.17) is 4.74 Å². The van der Waals surface area contributed by atoms with Gasteiger partial charge < -0.3 is 15.2 Å². The number of amides is 1. The summed E-state index contributed by atoms with van der Waals surface area (Å²) in [5.74, 6) is 3.11. The molecule has 2 N–H and O–H groups in total. The van der Waals surface area contributed by atoms with Gasteiger partial charge in [0.25, 0.3) is 0 Å². The van der Waals surface area contributed by atoms with Crippen LogP contribution in [0.4, 0.5) is 14.9 Å². The molecule has 0 aromatic heterocycles. The normalized spacial score (nSPS) is 10.4. The highest BCUT2D eigenvalue weighted by Gasteiger charge is 2.17. The maximum absolute atomic E-state index is 13.5. The van der Waals surface area contributed by atoms with Gasteiger partial charge in [-0.25, -0.2) is 9.18 Å². The molecule has 0 aliphatic carbocycles. The Morgan fingerprint density at radius 1 is 1.50 bits per heavy atom. The van der Waals surface area contributed by atoms with Crippen molar-refractivity contribution in [2.24, 2.45) is 0 Å². The van der Waals surface area contributed by atoms with Crippen molar-refractivity contribution in [1.29, 1.82) is 0 Å². The van der Waals surface area contributed by atoms with Crippen LogP contribution in [0.5, 0.6) is 5.75 Å². The molecule has 0 fully saturated rings. The molecule has 1 rings (SSSR count). The van der Waals surface area contributed by atoms with Crippen LogP contribution in [0, 0.1) is 27.8 Å². The Morgan fingerprint density at radius 3 is 2.68 bits per heavy atom. The molecule has 0 saturated heterocycles. The number of carbonyl (C=O) groups excluding carboxylic acids is 1. The number of phenolic OH excluding ortho intramolecular Hbond substituents is 1. The first-order valence-electron chi connectivity index (χ1n) is 6.23. The van der Waals surface area contributed by atoms with Crippen LogP contribution in [0.15, 0.2) is 12.1 Å². The molecule has 0 saturated carbocycles. The lowest BCUT2D eigenvalue weighted by atomic mass is 10.2. The lowest BCUT2D eigenvalue weighted by molar-refractivity contribution is -0.385. The van der Waals surface area contributed by atoms with Crippen LogP contribution in [0.25, 0.3) is 0 Å². The molecule has 7 nitrogen and oxygen atoms in total. The second-order valence-corrected chi connectivity index (χ2v) is 5.24. The molecule has 0 heterocycles. The first-order valence-corrected chi connectivity index (χ1v) is 6.23. The van der Waals surface area contributed by atoms with Gasteiger partial charge in [0, 0.05) is 12.1 Å². The Kier molecular flexibility index (Phi) is 5.29. The second kappa shape index (κ2) is 6.76. The van der Waals surface area contributed by atoms with E-state index in [9.17, 15) is 24.4 Å². The molecule has 0 aliphatic rings. The lowest BCUT2D eigenvalue weighted by Gasteiger charge is -2.18. The van der Waals surface area contributed by atoms with Crippen molar-refractivity contribution in [3.05, 3.63) is 33.6 Å². The summed E-state index contributed by atoms with van der Waals surface area (Å²) < 4.78 is 18.5. The van der Waals surface area contributed by atoms with Gasteiger partial charge in [0.1, 0.15) is 11.4 Å². The Morgan fingerprint density at radius 2 is 2.14 bits per heavy atom. The molecular formula is C14H15FN2O5. The summed E-state index contributed by atoms with van der Waals surface area (Å²) in [4.78, 5) is 21.1. The first kappa shape index (κ1) is 17.2. The summed E-state index contributed by atoms with van der Waals surface area (Å²) in [6.45, 7) is 4.97. The van der Waals surface area contributed by atoms with Crippen LogP contribution < -0.4 is 5.32 Å². The molecule has 0 unspecified atom stereocenters. The highest BCUT2D eigenvalue weighted by molar-refractivity contribution is 5.68. The standard InChI is InChI=1S/C14H15FN2O5/c1-14(2,3)22-13(19)16-6-4-5-9-7-11(17(20)21)12(18)8-10(9)15/h7-8,18H,6H2,1-3H3,(H,16,19). The largest absolute Gasteiger partial charge is 0.502 e.